The normalized spacial score (nSPS) is 19.7. The molecule has 0 saturated heterocycles. The predicted molar refractivity (Wildman–Crippen MR) is 105 cm³/mol. The monoisotopic (exact) mass is 363 g/mol. The molecule has 1 saturated carbocycles. The summed E-state index contributed by atoms with van der Waals surface area (Å²) < 4.78 is 7.79. The van der Waals surface area contributed by atoms with Crippen molar-refractivity contribution < 1.29 is 9.53 Å². The van der Waals surface area contributed by atoms with Gasteiger partial charge in [-0.25, -0.2) is 4.98 Å². The summed E-state index contributed by atoms with van der Waals surface area (Å²) in [5.41, 5.74) is 2.45. The van der Waals surface area contributed by atoms with Crippen molar-refractivity contribution in [3.8, 4) is 5.75 Å². The van der Waals surface area contributed by atoms with Crippen LogP contribution in [-0.4, -0.2) is 21.3 Å². The molecule has 0 aliphatic heterocycles. The van der Waals surface area contributed by atoms with Crippen molar-refractivity contribution in [3.05, 3.63) is 66.1 Å². The first-order chi connectivity index (χ1) is 13.2. The number of pyridine rings is 1. The second-order valence-corrected chi connectivity index (χ2v) is 7.35. The minimum atomic E-state index is 0.000603. The van der Waals surface area contributed by atoms with Crippen molar-refractivity contribution in [2.24, 2.45) is 5.92 Å². The molecule has 0 spiro atoms. The van der Waals surface area contributed by atoms with E-state index in [1.54, 1.807) is 0 Å². The number of carbonyl (C=O) groups is 1. The van der Waals surface area contributed by atoms with Gasteiger partial charge in [0.1, 0.15) is 18.0 Å². The van der Waals surface area contributed by atoms with Crippen LogP contribution in [0.25, 0.3) is 5.65 Å². The highest BCUT2D eigenvalue weighted by atomic mass is 16.5. The molecule has 2 aromatic heterocycles. The topological polar surface area (TPSA) is 55.6 Å². The van der Waals surface area contributed by atoms with E-state index in [4.69, 9.17) is 4.74 Å². The van der Waals surface area contributed by atoms with Crippen LogP contribution < -0.4 is 10.1 Å². The van der Waals surface area contributed by atoms with E-state index in [9.17, 15) is 4.79 Å². The first-order valence-electron chi connectivity index (χ1n) is 9.65. The maximum atomic E-state index is 12.5. The number of benzene rings is 1. The summed E-state index contributed by atoms with van der Waals surface area (Å²) in [7, 11) is 0. The lowest BCUT2D eigenvalue weighted by atomic mass is 9.86. The molecule has 140 valence electrons. The van der Waals surface area contributed by atoms with Crippen LogP contribution in [0.5, 0.6) is 5.75 Å². The maximum Gasteiger partial charge on any atom is 0.251 e. The van der Waals surface area contributed by atoms with Gasteiger partial charge in [0.25, 0.3) is 5.91 Å². The molecule has 2 heterocycles. The summed E-state index contributed by atoms with van der Waals surface area (Å²) >= 11 is 0. The van der Waals surface area contributed by atoms with E-state index in [1.807, 2.05) is 59.3 Å². The Hall–Kier alpha value is -2.82. The van der Waals surface area contributed by atoms with Gasteiger partial charge in [-0.1, -0.05) is 25.8 Å². The molecule has 1 N–H and O–H groups in total. The maximum absolute atomic E-state index is 12.5. The lowest BCUT2D eigenvalue weighted by Crippen LogP contribution is -2.41. The zero-order valence-electron chi connectivity index (χ0n) is 15.6. The van der Waals surface area contributed by atoms with E-state index in [0.29, 0.717) is 18.1 Å². The highest BCUT2D eigenvalue weighted by Crippen LogP contribution is 2.24. The molecular formula is C22H25N3O2. The van der Waals surface area contributed by atoms with Crippen LogP contribution in [-0.2, 0) is 6.61 Å². The Balaban J connectivity index is 1.34. The molecule has 1 fully saturated rings. The van der Waals surface area contributed by atoms with Gasteiger partial charge < -0.3 is 14.5 Å². The van der Waals surface area contributed by atoms with Crippen molar-refractivity contribution in [2.45, 2.75) is 45.3 Å². The van der Waals surface area contributed by atoms with Gasteiger partial charge in [-0.2, -0.15) is 0 Å². The Morgan fingerprint density at radius 3 is 2.78 bits per heavy atom. The van der Waals surface area contributed by atoms with E-state index < -0.39 is 0 Å². The Bertz CT molecular complexity index is 884. The fraction of sp³-hybridized carbons (Fsp3) is 0.364. The van der Waals surface area contributed by atoms with Crippen LogP contribution in [0.1, 0.15) is 48.7 Å². The molecule has 4 rings (SSSR count). The average Bonchev–Trinajstić information content (AvgIpc) is 3.11. The fourth-order valence-electron chi connectivity index (χ4n) is 3.70. The molecule has 1 aliphatic carbocycles. The number of nitrogens with one attached hydrogen (secondary N) is 1. The number of fused-ring (bicyclic) bond motifs is 1. The third-order valence-corrected chi connectivity index (χ3v) is 5.35. The van der Waals surface area contributed by atoms with Gasteiger partial charge in [-0.15, -0.1) is 0 Å². The van der Waals surface area contributed by atoms with Crippen LogP contribution in [0, 0.1) is 5.92 Å². The number of rotatable bonds is 5. The Kier molecular flexibility index (Phi) is 5.10. The molecule has 0 radical (unpaired) electrons. The molecule has 5 heteroatoms. The van der Waals surface area contributed by atoms with Crippen molar-refractivity contribution >= 4 is 11.6 Å². The molecular weight excluding hydrogens is 338 g/mol. The molecule has 0 bridgehead atoms. The predicted octanol–water partition coefficient (Wildman–Crippen LogP) is 4.22. The van der Waals surface area contributed by atoms with Gasteiger partial charge in [-0.05, 0) is 55.2 Å². The minimum Gasteiger partial charge on any atom is -0.487 e. The molecule has 1 aromatic carbocycles. The van der Waals surface area contributed by atoms with Crippen molar-refractivity contribution in [1.82, 2.24) is 14.7 Å². The number of amides is 1. The SMILES string of the molecule is C[C@H]1CCCC[C@@H]1NC(=O)c1ccc(OCc2cn3ccccc3n2)cc1. The molecule has 2 atom stereocenters. The van der Waals surface area contributed by atoms with Crippen molar-refractivity contribution in [3.63, 3.8) is 0 Å². The highest BCUT2D eigenvalue weighted by Gasteiger charge is 2.23. The summed E-state index contributed by atoms with van der Waals surface area (Å²) in [6.07, 6.45) is 8.67. The number of hydrogen-bond acceptors (Lipinski definition) is 3. The first kappa shape index (κ1) is 17.6. The molecule has 3 aromatic rings. The van der Waals surface area contributed by atoms with Gasteiger partial charge in [0.15, 0.2) is 0 Å². The number of ether oxygens (including phenoxy) is 1. The van der Waals surface area contributed by atoms with Gasteiger partial charge in [0.05, 0.1) is 5.69 Å². The smallest absolute Gasteiger partial charge is 0.251 e. The second-order valence-electron chi connectivity index (χ2n) is 7.35. The van der Waals surface area contributed by atoms with Gasteiger partial charge in [0, 0.05) is 24.0 Å². The quantitative estimate of drug-likeness (QED) is 0.738. The van der Waals surface area contributed by atoms with Crippen LogP contribution in [0.3, 0.4) is 0 Å². The van der Waals surface area contributed by atoms with Gasteiger partial charge in [0.2, 0.25) is 0 Å². The van der Waals surface area contributed by atoms with E-state index in [1.165, 1.54) is 19.3 Å². The second kappa shape index (κ2) is 7.82. The zero-order chi connectivity index (χ0) is 18.6. The van der Waals surface area contributed by atoms with Crippen molar-refractivity contribution in [1.29, 1.82) is 0 Å². The van der Waals surface area contributed by atoms with Gasteiger partial charge >= 0.3 is 0 Å². The first-order valence-corrected chi connectivity index (χ1v) is 9.65. The molecule has 5 nitrogen and oxygen atoms in total. The number of imidazole rings is 1. The molecule has 1 amide bonds. The Morgan fingerprint density at radius 1 is 1.19 bits per heavy atom. The lowest BCUT2D eigenvalue weighted by molar-refractivity contribution is 0.0910. The summed E-state index contributed by atoms with van der Waals surface area (Å²) in [5, 5.41) is 3.18. The number of nitrogens with zero attached hydrogens (tertiary/aromatic N) is 2. The minimum absolute atomic E-state index is 0.000603. The lowest BCUT2D eigenvalue weighted by Gasteiger charge is -2.29. The summed E-state index contributed by atoms with van der Waals surface area (Å²) in [5.74, 6) is 1.28. The highest BCUT2D eigenvalue weighted by molar-refractivity contribution is 5.94. The van der Waals surface area contributed by atoms with E-state index in [2.05, 4.69) is 17.2 Å². The summed E-state index contributed by atoms with van der Waals surface area (Å²) in [4.78, 5) is 17.0. The van der Waals surface area contributed by atoms with Crippen LogP contribution >= 0.6 is 0 Å². The van der Waals surface area contributed by atoms with Crippen molar-refractivity contribution in [2.75, 3.05) is 0 Å². The molecule has 0 unspecified atom stereocenters. The van der Waals surface area contributed by atoms with E-state index >= 15 is 0 Å². The van der Waals surface area contributed by atoms with E-state index in [-0.39, 0.29) is 11.9 Å². The van der Waals surface area contributed by atoms with Crippen LogP contribution in [0.4, 0.5) is 0 Å². The summed E-state index contributed by atoms with van der Waals surface area (Å²) in [6.45, 7) is 2.62. The number of hydrogen-bond donors (Lipinski definition) is 1. The van der Waals surface area contributed by atoms with Crippen LogP contribution in [0.2, 0.25) is 0 Å². The Morgan fingerprint density at radius 2 is 2.00 bits per heavy atom. The third kappa shape index (κ3) is 4.13. The standard InChI is InChI=1S/C22H25N3O2/c1-16-6-2-3-7-20(16)24-22(26)17-9-11-19(12-10-17)27-15-18-14-25-13-5-4-8-21(25)23-18/h4-5,8-14,16,20H,2-3,6-7,15H2,1H3,(H,24,26)/t16-,20-/m0/s1. The molecule has 27 heavy (non-hydrogen) atoms. The van der Waals surface area contributed by atoms with E-state index in [0.717, 1.165) is 23.5 Å². The third-order valence-electron chi connectivity index (χ3n) is 5.35. The fourth-order valence-corrected chi connectivity index (χ4v) is 3.70. The number of aromatic nitrogens is 2. The summed E-state index contributed by atoms with van der Waals surface area (Å²) in [6, 6.07) is 13.5. The number of carbonyl (C=O) groups excluding carboxylic acids is 1. The van der Waals surface area contributed by atoms with Crippen LogP contribution in [0.15, 0.2) is 54.9 Å². The zero-order valence-corrected chi connectivity index (χ0v) is 15.6. The van der Waals surface area contributed by atoms with Gasteiger partial charge in [-0.3, -0.25) is 4.79 Å². The molecule has 1 aliphatic rings. The largest absolute Gasteiger partial charge is 0.487 e. The average molecular weight is 363 g/mol. The Labute approximate surface area is 159 Å².